The molecule has 118 valence electrons. The molecule has 6 heteroatoms. The Labute approximate surface area is 126 Å². The van der Waals surface area contributed by atoms with Crippen LogP contribution in [0.1, 0.15) is 39.3 Å². The Morgan fingerprint density at radius 2 is 1.76 bits per heavy atom. The maximum Gasteiger partial charge on any atom is 0.323 e. The van der Waals surface area contributed by atoms with Crippen molar-refractivity contribution in [2.24, 2.45) is 0 Å². The minimum absolute atomic E-state index is 0.130. The molecule has 0 saturated carbocycles. The van der Waals surface area contributed by atoms with Crippen LogP contribution in [0, 0.1) is 0 Å². The molecule has 0 aliphatic heterocycles. The second-order valence-corrected chi connectivity index (χ2v) is 7.68. The highest BCUT2D eigenvalue weighted by molar-refractivity contribution is 7.90. The number of sulfone groups is 1. The summed E-state index contributed by atoms with van der Waals surface area (Å²) in [7, 11) is -3.22. The summed E-state index contributed by atoms with van der Waals surface area (Å²) in [6, 6.07) is 6.46. The van der Waals surface area contributed by atoms with E-state index in [0.717, 1.165) is 11.8 Å². The molecule has 1 aromatic carbocycles. The molecular formula is C15H23NO4S. The van der Waals surface area contributed by atoms with Crippen LogP contribution in [0.5, 0.6) is 0 Å². The molecule has 0 spiro atoms. The highest BCUT2D eigenvalue weighted by Gasteiger charge is 2.36. The fourth-order valence-corrected chi connectivity index (χ4v) is 3.08. The van der Waals surface area contributed by atoms with Gasteiger partial charge in [0.15, 0.2) is 9.84 Å². The number of likely N-dealkylation sites (N-methyl/N-ethyl adjacent to an activating group) is 1. The number of carboxylic acids is 1. The summed E-state index contributed by atoms with van der Waals surface area (Å²) in [6.45, 7) is 7.74. The molecule has 5 nitrogen and oxygen atoms in total. The number of aliphatic carboxylic acids is 1. The van der Waals surface area contributed by atoms with Crippen molar-refractivity contribution in [1.82, 2.24) is 4.90 Å². The molecular weight excluding hydrogens is 290 g/mol. The summed E-state index contributed by atoms with van der Waals surface area (Å²) in [5.74, 6) is -0.885. The summed E-state index contributed by atoms with van der Waals surface area (Å²) >= 11 is 0. The lowest BCUT2D eigenvalue weighted by molar-refractivity contribution is -0.150. The van der Waals surface area contributed by atoms with Crippen LogP contribution < -0.4 is 0 Å². The van der Waals surface area contributed by atoms with E-state index in [1.807, 2.05) is 18.7 Å². The van der Waals surface area contributed by atoms with Crippen LogP contribution in [-0.4, -0.2) is 42.7 Å². The molecule has 0 saturated heterocycles. The Hall–Kier alpha value is -1.40. The molecule has 1 rings (SSSR count). The molecule has 1 N–H and O–H groups in total. The lowest BCUT2D eigenvalue weighted by Gasteiger charge is -2.39. The van der Waals surface area contributed by atoms with Crippen molar-refractivity contribution in [2.45, 2.75) is 44.2 Å². The molecule has 0 radical (unpaired) electrons. The largest absolute Gasteiger partial charge is 0.480 e. The van der Waals surface area contributed by atoms with Gasteiger partial charge in [0.05, 0.1) is 4.90 Å². The monoisotopic (exact) mass is 313 g/mol. The van der Waals surface area contributed by atoms with Gasteiger partial charge in [-0.1, -0.05) is 19.1 Å². The average Bonchev–Trinajstić information content (AvgIpc) is 2.38. The SMILES string of the molecule is CCN(C(C)c1ccc(S(C)(=O)=O)cc1)C(C)(C)C(=O)O. The molecule has 0 aromatic heterocycles. The predicted octanol–water partition coefficient (Wildman–Crippen LogP) is 2.34. The summed E-state index contributed by atoms with van der Waals surface area (Å²) in [6.07, 6.45) is 1.16. The van der Waals surface area contributed by atoms with Gasteiger partial charge in [-0.15, -0.1) is 0 Å². The van der Waals surface area contributed by atoms with Gasteiger partial charge >= 0.3 is 5.97 Å². The van der Waals surface area contributed by atoms with Crippen LogP contribution in [0.3, 0.4) is 0 Å². The Bertz CT molecular complexity index is 605. The van der Waals surface area contributed by atoms with Gasteiger partial charge < -0.3 is 5.11 Å². The first-order valence-corrected chi connectivity index (χ1v) is 8.71. The standard InChI is InChI=1S/C15H23NO4S/c1-6-16(15(3,4)14(17)18)11(2)12-7-9-13(10-8-12)21(5,19)20/h7-11H,6H2,1-5H3,(H,17,18). The van der Waals surface area contributed by atoms with Gasteiger partial charge in [-0.25, -0.2) is 8.42 Å². The second kappa shape index (κ2) is 6.15. The van der Waals surface area contributed by atoms with E-state index in [1.54, 1.807) is 38.1 Å². The van der Waals surface area contributed by atoms with Gasteiger partial charge in [0.2, 0.25) is 0 Å². The highest BCUT2D eigenvalue weighted by atomic mass is 32.2. The van der Waals surface area contributed by atoms with Crippen molar-refractivity contribution >= 4 is 15.8 Å². The highest BCUT2D eigenvalue weighted by Crippen LogP contribution is 2.28. The lowest BCUT2D eigenvalue weighted by atomic mass is 9.97. The molecule has 0 aliphatic carbocycles. The van der Waals surface area contributed by atoms with Crippen molar-refractivity contribution in [2.75, 3.05) is 12.8 Å². The van der Waals surface area contributed by atoms with Crippen molar-refractivity contribution in [3.63, 3.8) is 0 Å². The summed E-state index contributed by atoms with van der Waals surface area (Å²) in [5.41, 5.74) is -0.109. The van der Waals surface area contributed by atoms with Gasteiger partial charge in [-0.3, -0.25) is 9.69 Å². The maximum absolute atomic E-state index is 11.5. The predicted molar refractivity (Wildman–Crippen MR) is 82.1 cm³/mol. The zero-order valence-electron chi connectivity index (χ0n) is 13.1. The van der Waals surface area contributed by atoms with Gasteiger partial charge in [0.1, 0.15) is 5.54 Å². The Balaban J connectivity index is 3.12. The zero-order chi connectivity index (χ0) is 16.4. The van der Waals surface area contributed by atoms with E-state index < -0.39 is 21.3 Å². The molecule has 0 heterocycles. The third-order valence-corrected chi connectivity index (χ3v) is 4.97. The Morgan fingerprint density at radius 1 is 1.29 bits per heavy atom. The fourth-order valence-electron chi connectivity index (χ4n) is 2.45. The number of carbonyl (C=O) groups is 1. The van der Waals surface area contributed by atoms with Gasteiger partial charge in [0, 0.05) is 12.3 Å². The summed E-state index contributed by atoms with van der Waals surface area (Å²) in [5, 5.41) is 9.37. The van der Waals surface area contributed by atoms with Gasteiger partial charge in [-0.05, 0) is 45.0 Å². The normalized spacial score (nSPS) is 14.2. The summed E-state index contributed by atoms with van der Waals surface area (Å²) < 4.78 is 22.9. The lowest BCUT2D eigenvalue weighted by Crippen LogP contribution is -2.50. The topological polar surface area (TPSA) is 74.7 Å². The molecule has 0 bridgehead atoms. The number of nitrogens with zero attached hydrogens (tertiary/aromatic N) is 1. The molecule has 0 fully saturated rings. The van der Waals surface area contributed by atoms with Crippen molar-refractivity contribution in [3.05, 3.63) is 29.8 Å². The quantitative estimate of drug-likeness (QED) is 0.872. The van der Waals surface area contributed by atoms with Crippen LogP contribution in [0.15, 0.2) is 29.2 Å². The van der Waals surface area contributed by atoms with E-state index in [4.69, 9.17) is 0 Å². The molecule has 1 aromatic rings. The minimum atomic E-state index is -3.22. The Kier molecular flexibility index (Phi) is 5.17. The van der Waals surface area contributed by atoms with Crippen LogP contribution in [0.4, 0.5) is 0 Å². The molecule has 0 aliphatic rings. The van der Waals surface area contributed by atoms with Crippen LogP contribution in [0.25, 0.3) is 0 Å². The van der Waals surface area contributed by atoms with E-state index in [1.165, 1.54) is 0 Å². The fraction of sp³-hybridized carbons (Fsp3) is 0.533. The van der Waals surface area contributed by atoms with Crippen LogP contribution >= 0.6 is 0 Å². The first-order chi connectivity index (χ1) is 9.51. The van der Waals surface area contributed by atoms with Crippen molar-refractivity contribution in [1.29, 1.82) is 0 Å². The van der Waals surface area contributed by atoms with Crippen molar-refractivity contribution < 1.29 is 18.3 Å². The minimum Gasteiger partial charge on any atom is -0.480 e. The van der Waals surface area contributed by atoms with E-state index in [2.05, 4.69) is 0 Å². The molecule has 1 unspecified atom stereocenters. The molecule has 1 atom stereocenters. The Morgan fingerprint density at radius 3 is 2.10 bits per heavy atom. The van der Waals surface area contributed by atoms with E-state index in [0.29, 0.717) is 6.54 Å². The van der Waals surface area contributed by atoms with Gasteiger partial charge in [-0.2, -0.15) is 0 Å². The first kappa shape index (κ1) is 17.7. The third-order valence-electron chi connectivity index (χ3n) is 3.84. The van der Waals surface area contributed by atoms with Crippen LogP contribution in [-0.2, 0) is 14.6 Å². The first-order valence-electron chi connectivity index (χ1n) is 6.82. The molecule has 21 heavy (non-hydrogen) atoms. The third kappa shape index (κ3) is 3.83. The zero-order valence-corrected chi connectivity index (χ0v) is 13.9. The van der Waals surface area contributed by atoms with Crippen LogP contribution in [0.2, 0.25) is 0 Å². The number of benzene rings is 1. The number of hydrogen-bond donors (Lipinski definition) is 1. The molecule has 0 amide bonds. The number of hydrogen-bond acceptors (Lipinski definition) is 4. The smallest absolute Gasteiger partial charge is 0.323 e. The van der Waals surface area contributed by atoms with Gasteiger partial charge in [0.25, 0.3) is 0 Å². The number of rotatable bonds is 6. The second-order valence-electron chi connectivity index (χ2n) is 5.67. The summed E-state index contributed by atoms with van der Waals surface area (Å²) in [4.78, 5) is 13.6. The number of carboxylic acid groups (broad SMARTS) is 1. The van der Waals surface area contributed by atoms with Crippen molar-refractivity contribution in [3.8, 4) is 0 Å². The maximum atomic E-state index is 11.5. The average molecular weight is 313 g/mol. The van der Waals surface area contributed by atoms with E-state index in [9.17, 15) is 18.3 Å². The van der Waals surface area contributed by atoms with E-state index >= 15 is 0 Å². The van der Waals surface area contributed by atoms with E-state index in [-0.39, 0.29) is 10.9 Å².